The van der Waals surface area contributed by atoms with E-state index in [-0.39, 0.29) is 5.69 Å². The fourth-order valence-electron chi connectivity index (χ4n) is 1.61. The number of hydrogen-bond acceptors (Lipinski definition) is 4. The summed E-state index contributed by atoms with van der Waals surface area (Å²) in [5.41, 5.74) is 8.23. The first-order valence-electron chi connectivity index (χ1n) is 5.78. The average molecular weight is 258 g/mol. The second-order valence-corrected chi connectivity index (χ2v) is 4.25. The van der Waals surface area contributed by atoms with E-state index in [2.05, 4.69) is 0 Å². The van der Waals surface area contributed by atoms with Gasteiger partial charge in [0.2, 0.25) is 0 Å². The van der Waals surface area contributed by atoms with Gasteiger partial charge in [0.1, 0.15) is 12.4 Å². The molecule has 5 heteroatoms. The average Bonchev–Trinajstić information content (AvgIpc) is 2.39. The SMILES string of the molecule is Cc1ccc(COc2cc([N+](=O)[O-])ccc2N)cc1. The van der Waals surface area contributed by atoms with E-state index < -0.39 is 4.92 Å². The van der Waals surface area contributed by atoms with Crippen LogP contribution in [0.25, 0.3) is 0 Å². The smallest absolute Gasteiger partial charge is 0.273 e. The number of nitro groups is 1. The number of nitro benzene ring substituents is 1. The van der Waals surface area contributed by atoms with E-state index in [9.17, 15) is 10.1 Å². The molecule has 0 unspecified atom stereocenters. The summed E-state index contributed by atoms with van der Waals surface area (Å²) in [5.74, 6) is 0.328. The van der Waals surface area contributed by atoms with Crippen LogP contribution in [0.15, 0.2) is 42.5 Å². The van der Waals surface area contributed by atoms with E-state index in [0.717, 1.165) is 5.56 Å². The van der Waals surface area contributed by atoms with Crippen LogP contribution in [0.4, 0.5) is 11.4 Å². The summed E-state index contributed by atoms with van der Waals surface area (Å²) >= 11 is 0. The number of rotatable bonds is 4. The van der Waals surface area contributed by atoms with Crippen LogP contribution >= 0.6 is 0 Å². The van der Waals surface area contributed by atoms with Gasteiger partial charge in [0.25, 0.3) is 5.69 Å². The van der Waals surface area contributed by atoms with Gasteiger partial charge in [-0.2, -0.15) is 0 Å². The molecule has 0 aromatic heterocycles. The Labute approximate surface area is 110 Å². The van der Waals surface area contributed by atoms with Crippen LogP contribution in [0, 0.1) is 17.0 Å². The molecule has 0 aliphatic carbocycles. The van der Waals surface area contributed by atoms with Crippen molar-refractivity contribution in [2.24, 2.45) is 0 Å². The van der Waals surface area contributed by atoms with Crippen LogP contribution in [-0.4, -0.2) is 4.92 Å². The van der Waals surface area contributed by atoms with E-state index >= 15 is 0 Å². The van der Waals surface area contributed by atoms with Crippen molar-refractivity contribution in [3.05, 3.63) is 63.7 Å². The minimum Gasteiger partial charge on any atom is -0.486 e. The van der Waals surface area contributed by atoms with Crippen LogP contribution in [0.2, 0.25) is 0 Å². The van der Waals surface area contributed by atoms with Gasteiger partial charge in [-0.25, -0.2) is 0 Å². The third-order valence-corrected chi connectivity index (χ3v) is 2.72. The predicted molar refractivity (Wildman–Crippen MR) is 73.0 cm³/mol. The van der Waals surface area contributed by atoms with Crippen LogP contribution in [0.5, 0.6) is 5.75 Å². The highest BCUT2D eigenvalue weighted by Gasteiger charge is 2.10. The minimum atomic E-state index is -0.474. The van der Waals surface area contributed by atoms with Gasteiger partial charge in [-0.05, 0) is 18.6 Å². The maximum absolute atomic E-state index is 10.7. The van der Waals surface area contributed by atoms with Gasteiger partial charge in [-0.3, -0.25) is 10.1 Å². The van der Waals surface area contributed by atoms with E-state index in [1.165, 1.54) is 23.8 Å². The maximum Gasteiger partial charge on any atom is 0.273 e. The van der Waals surface area contributed by atoms with Crippen molar-refractivity contribution in [3.63, 3.8) is 0 Å². The van der Waals surface area contributed by atoms with Crippen LogP contribution in [-0.2, 0) is 6.61 Å². The molecule has 0 radical (unpaired) electrons. The zero-order chi connectivity index (χ0) is 13.8. The van der Waals surface area contributed by atoms with Crippen LogP contribution in [0.1, 0.15) is 11.1 Å². The zero-order valence-corrected chi connectivity index (χ0v) is 10.5. The zero-order valence-electron chi connectivity index (χ0n) is 10.5. The van der Waals surface area contributed by atoms with Crippen molar-refractivity contribution in [2.75, 3.05) is 5.73 Å². The monoisotopic (exact) mass is 258 g/mol. The quantitative estimate of drug-likeness (QED) is 0.519. The Morgan fingerprint density at radius 3 is 2.53 bits per heavy atom. The number of nitrogen functional groups attached to an aromatic ring is 1. The molecule has 2 aromatic rings. The summed E-state index contributed by atoms with van der Waals surface area (Å²) in [5, 5.41) is 10.7. The first-order valence-corrected chi connectivity index (χ1v) is 5.78. The number of nitrogens with two attached hydrogens (primary N) is 1. The summed E-state index contributed by atoms with van der Waals surface area (Å²) in [6.07, 6.45) is 0. The fraction of sp³-hybridized carbons (Fsp3) is 0.143. The summed E-state index contributed by atoms with van der Waals surface area (Å²) in [6.45, 7) is 2.33. The molecule has 0 saturated carbocycles. The molecule has 0 atom stereocenters. The number of aryl methyl sites for hydroxylation is 1. The lowest BCUT2D eigenvalue weighted by Gasteiger charge is -2.08. The number of hydrogen-bond donors (Lipinski definition) is 1. The molecular formula is C14H14N2O3. The Hall–Kier alpha value is -2.56. The van der Waals surface area contributed by atoms with Gasteiger partial charge in [0, 0.05) is 6.07 Å². The lowest BCUT2D eigenvalue weighted by atomic mass is 10.2. The standard InChI is InChI=1S/C14H14N2O3/c1-10-2-4-11(5-3-10)9-19-14-8-12(16(17)18)6-7-13(14)15/h2-8H,9,15H2,1H3. The predicted octanol–water partition coefficient (Wildman–Crippen LogP) is 3.06. The Morgan fingerprint density at radius 2 is 1.89 bits per heavy atom. The van der Waals surface area contributed by atoms with Gasteiger partial charge < -0.3 is 10.5 Å². The van der Waals surface area contributed by atoms with Crippen molar-refractivity contribution in [1.82, 2.24) is 0 Å². The number of anilines is 1. The van der Waals surface area contributed by atoms with E-state index in [0.29, 0.717) is 18.0 Å². The first-order chi connectivity index (χ1) is 9.06. The first kappa shape index (κ1) is 12.9. The van der Waals surface area contributed by atoms with Gasteiger partial charge >= 0.3 is 0 Å². The van der Waals surface area contributed by atoms with Gasteiger partial charge in [-0.15, -0.1) is 0 Å². The molecule has 0 fully saturated rings. The van der Waals surface area contributed by atoms with Crippen LogP contribution < -0.4 is 10.5 Å². The van der Waals surface area contributed by atoms with E-state index in [1.54, 1.807) is 0 Å². The Bertz CT molecular complexity index is 594. The third-order valence-electron chi connectivity index (χ3n) is 2.72. The number of nitrogens with zero attached hydrogens (tertiary/aromatic N) is 1. The summed E-state index contributed by atoms with van der Waals surface area (Å²) in [4.78, 5) is 10.2. The Kier molecular flexibility index (Phi) is 3.66. The number of ether oxygens (including phenoxy) is 1. The van der Waals surface area contributed by atoms with Crippen molar-refractivity contribution < 1.29 is 9.66 Å². The number of non-ortho nitro benzene ring substituents is 1. The molecule has 0 saturated heterocycles. The molecule has 0 aliphatic heterocycles. The summed E-state index contributed by atoms with van der Waals surface area (Å²) in [7, 11) is 0. The molecule has 0 heterocycles. The lowest BCUT2D eigenvalue weighted by molar-refractivity contribution is -0.384. The van der Waals surface area contributed by atoms with Crippen molar-refractivity contribution in [1.29, 1.82) is 0 Å². The molecule has 0 spiro atoms. The highest BCUT2D eigenvalue weighted by atomic mass is 16.6. The van der Waals surface area contributed by atoms with Gasteiger partial charge in [0.15, 0.2) is 0 Å². The topological polar surface area (TPSA) is 78.4 Å². The largest absolute Gasteiger partial charge is 0.486 e. The van der Waals surface area contributed by atoms with E-state index in [1.807, 2.05) is 31.2 Å². The van der Waals surface area contributed by atoms with Gasteiger partial charge in [0.05, 0.1) is 16.7 Å². The lowest BCUT2D eigenvalue weighted by Crippen LogP contribution is -2.00. The van der Waals surface area contributed by atoms with Crippen molar-refractivity contribution >= 4 is 11.4 Å². The summed E-state index contributed by atoms with van der Waals surface area (Å²) in [6, 6.07) is 12.0. The molecule has 98 valence electrons. The second-order valence-electron chi connectivity index (χ2n) is 4.25. The molecule has 19 heavy (non-hydrogen) atoms. The molecule has 5 nitrogen and oxygen atoms in total. The number of benzene rings is 2. The fourth-order valence-corrected chi connectivity index (χ4v) is 1.61. The third kappa shape index (κ3) is 3.22. The van der Waals surface area contributed by atoms with Crippen molar-refractivity contribution in [3.8, 4) is 5.75 Å². The van der Waals surface area contributed by atoms with Crippen molar-refractivity contribution in [2.45, 2.75) is 13.5 Å². The summed E-state index contributed by atoms with van der Waals surface area (Å²) < 4.78 is 5.52. The molecule has 0 amide bonds. The van der Waals surface area contributed by atoms with Crippen LogP contribution in [0.3, 0.4) is 0 Å². The Balaban J connectivity index is 2.12. The Morgan fingerprint density at radius 1 is 1.21 bits per heavy atom. The maximum atomic E-state index is 10.7. The highest BCUT2D eigenvalue weighted by molar-refractivity contribution is 5.57. The molecule has 0 bridgehead atoms. The molecule has 2 rings (SSSR count). The van der Waals surface area contributed by atoms with E-state index in [4.69, 9.17) is 10.5 Å². The molecule has 0 aliphatic rings. The normalized spacial score (nSPS) is 10.2. The van der Waals surface area contributed by atoms with Gasteiger partial charge in [-0.1, -0.05) is 29.8 Å². The molecular weight excluding hydrogens is 244 g/mol. The minimum absolute atomic E-state index is 0.0342. The molecule has 2 N–H and O–H groups in total. The highest BCUT2D eigenvalue weighted by Crippen LogP contribution is 2.27. The molecule has 2 aromatic carbocycles. The second kappa shape index (κ2) is 5.39.